The summed E-state index contributed by atoms with van der Waals surface area (Å²) in [6.07, 6.45) is 1.87. The van der Waals surface area contributed by atoms with Crippen molar-refractivity contribution in [3.63, 3.8) is 0 Å². The summed E-state index contributed by atoms with van der Waals surface area (Å²) >= 11 is 5.95. The fourth-order valence-corrected chi connectivity index (χ4v) is 4.99. The van der Waals surface area contributed by atoms with E-state index in [4.69, 9.17) is 21.1 Å². The molecule has 4 rings (SSSR count). The van der Waals surface area contributed by atoms with Gasteiger partial charge in [-0.2, -0.15) is 0 Å². The van der Waals surface area contributed by atoms with Gasteiger partial charge in [-0.1, -0.05) is 17.7 Å². The van der Waals surface area contributed by atoms with Gasteiger partial charge in [0.25, 0.3) is 5.91 Å². The number of carbonyl (C=O) groups is 2. The number of likely N-dealkylation sites (N-methyl/N-ethyl adjacent to an activating group) is 1. The summed E-state index contributed by atoms with van der Waals surface area (Å²) in [7, 11) is 2.98. The summed E-state index contributed by atoms with van der Waals surface area (Å²) in [6.45, 7) is 3.27. The Labute approximate surface area is 200 Å². The number of rotatable bonds is 8. The Bertz CT molecular complexity index is 1230. The molecule has 1 amide bonds. The van der Waals surface area contributed by atoms with Gasteiger partial charge in [0.05, 0.1) is 24.8 Å². The molecule has 1 aromatic carbocycles. The van der Waals surface area contributed by atoms with Crippen LogP contribution in [-0.4, -0.2) is 60.2 Å². The van der Waals surface area contributed by atoms with Crippen LogP contribution in [0.2, 0.25) is 5.02 Å². The molecular weight excluding hydrogens is 467 g/mol. The first-order chi connectivity index (χ1) is 16.2. The van der Waals surface area contributed by atoms with E-state index in [-0.39, 0.29) is 46.4 Å². The van der Waals surface area contributed by atoms with Crippen LogP contribution in [0.3, 0.4) is 0 Å². The van der Waals surface area contributed by atoms with Gasteiger partial charge in [0, 0.05) is 38.7 Å². The summed E-state index contributed by atoms with van der Waals surface area (Å²) < 4.78 is 26.6. The highest BCUT2D eigenvalue weighted by Crippen LogP contribution is 2.53. The number of aryl methyl sites for hydroxylation is 1. The van der Waals surface area contributed by atoms with Crippen molar-refractivity contribution in [2.75, 3.05) is 33.9 Å². The molecule has 8 nitrogen and oxygen atoms in total. The maximum Gasteiger partial charge on any atom is 0.274 e. The lowest BCUT2D eigenvalue weighted by Gasteiger charge is -2.36. The largest absolute Gasteiger partial charge is 0.503 e. The number of methoxy groups -OCH3 is 1. The zero-order valence-electron chi connectivity index (χ0n) is 19.2. The average molecular weight is 493 g/mol. The Hall–Kier alpha value is -2.91. The molecule has 0 bridgehead atoms. The first-order valence-corrected chi connectivity index (χ1v) is 11.4. The van der Waals surface area contributed by atoms with Gasteiger partial charge in [-0.05, 0) is 31.4 Å². The van der Waals surface area contributed by atoms with Crippen molar-refractivity contribution in [2.45, 2.75) is 31.7 Å². The number of Topliss-reactive ketones (excluding diaryl/α,β-unsaturated/α-hetero) is 1. The van der Waals surface area contributed by atoms with Gasteiger partial charge in [0.15, 0.2) is 17.2 Å². The van der Waals surface area contributed by atoms with Crippen LogP contribution in [0.4, 0.5) is 4.39 Å². The number of halogens is 2. The highest BCUT2D eigenvalue weighted by atomic mass is 35.5. The van der Waals surface area contributed by atoms with Crippen LogP contribution in [0.25, 0.3) is 0 Å². The van der Waals surface area contributed by atoms with Crippen LogP contribution >= 0.6 is 11.6 Å². The Kier molecular flexibility index (Phi) is 6.44. The number of benzene rings is 1. The predicted molar refractivity (Wildman–Crippen MR) is 123 cm³/mol. The van der Waals surface area contributed by atoms with Gasteiger partial charge in [-0.15, -0.1) is 0 Å². The Morgan fingerprint density at radius 2 is 2.09 bits per heavy atom. The molecule has 1 aromatic heterocycles. The quantitative estimate of drug-likeness (QED) is 0.569. The van der Waals surface area contributed by atoms with Gasteiger partial charge < -0.3 is 24.0 Å². The Morgan fingerprint density at radius 3 is 2.76 bits per heavy atom. The second kappa shape index (κ2) is 9.03. The maximum absolute atomic E-state index is 14.5. The molecule has 0 saturated heterocycles. The summed E-state index contributed by atoms with van der Waals surface area (Å²) in [4.78, 5) is 40.1. The van der Waals surface area contributed by atoms with E-state index < -0.39 is 34.2 Å². The summed E-state index contributed by atoms with van der Waals surface area (Å²) in [6, 6.07) is 2.97. The van der Waals surface area contributed by atoms with Gasteiger partial charge in [-0.25, -0.2) is 4.39 Å². The zero-order chi connectivity index (χ0) is 24.8. The van der Waals surface area contributed by atoms with Crippen LogP contribution in [0.1, 0.15) is 46.2 Å². The summed E-state index contributed by atoms with van der Waals surface area (Å²) in [5.74, 6) is -2.24. The molecule has 34 heavy (non-hydrogen) atoms. The predicted octanol–water partition coefficient (Wildman–Crippen LogP) is 3.01. The van der Waals surface area contributed by atoms with Crippen LogP contribution in [0, 0.1) is 11.7 Å². The third-order valence-electron chi connectivity index (χ3n) is 6.71. The number of amides is 1. The number of pyridine rings is 1. The van der Waals surface area contributed by atoms with Crippen LogP contribution in [0.5, 0.6) is 11.5 Å². The minimum Gasteiger partial charge on any atom is -0.503 e. The van der Waals surface area contributed by atoms with E-state index in [1.54, 1.807) is 11.6 Å². The maximum atomic E-state index is 14.5. The number of aromatic nitrogens is 1. The normalized spacial score (nSPS) is 21.0. The van der Waals surface area contributed by atoms with Crippen molar-refractivity contribution < 1.29 is 28.6 Å². The zero-order valence-corrected chi connectivity index (χ0v) is 19.9. The SMILES string of the molecule is CCOC[C@H]1C[C@@]12CN(C)C(=O)c1c(O)c(=O)c(C(=O)CCc3ccc(OC)c(Cl)c3F)cn12. The van der Waals surface area contributed by atoms with E-state index in [9.17, 15) is 23.9 Å². The van der Waals surface area contributed by atoms with Crippen LogP contribution < -0.4 is 10.2 Å². The topological polar surface area (TPSA) is 98.1 Å². The van der Waals surface area contributed by atoms with E-state index in [2.05, 4.69) is 0 Å². The molecule has 182 valence electrons. The summed E-state index contributed by atoms with van der Waals surface area (Å²) in [5.41, 5.74) is -1.62. The number of ketones is 1. The first kappa shape index (κ1) is 24.2. The number of nitrogens with zero attached hydrogens (tertiary/aromatic N) is 2. The van der Waals surface area contributed by atoms with E-state index in [0.717, 1.165) is 0 Å². The molecule has 0 radical (unpaired) electrons. The number of aromatic hydroxyl groups is 1. The molecule has 1 aliphatic carbocycles. The Morgan fingerprint density at radius 1 is 1.35 bits per heavy atom. The third kappa shape index (κ3) is 3.86. The fourth-order valence-electron chi connectivity index (χ4n) is 4.73. The molecule has 2 aliphatic rings. The van der Waals surface area contributed by atoms with E-state index in [1.165, 1.54) is 30.3 Å². The minimum atomic E-state index is -0.912. The van der Waals surface area contributed by atoms with Crippen molar-refractivity contribution in [2.24, 2.45) is 5.92 Å². The van der Waals surface area contributed by atoms with E-state index in [1.807, 2.05) is 6.92 Å². The number of fused-ring (bicyclic) bond motifs is 2. The lowest BCUT2D eigenvalue weighted by molar-refractivity contribution is 0.0651. The second-order valence-electron chi connectivity index (χ2n) is 8.74. The van der Waals surface area contributed by atoms with E-state index >= 15 is 0 Å². The van der Waals surface area contributed by atoms with Crippen molar-refractivity contribution in [1.29, 1.82) is 0 Å². The number of ether oxygens (including phenoxy) is 2. The molecule has 1 fully saturated rings. The molecular formula is C24H26ClFN2O6. The average Bonchev–Trinajstić information content (AvgIpc) is 3.51. The first-order valence-electron chi connectivity index (χ1n) is 11.0. The second-order valence-corrected chi connectivity index (χ2v) is 9.12. The monoisotopic (exact) mass is 492 g/mol. The number of carbonyl (C=O) groups excluding carboxylic acids is 2. The van der Waals surface area contributed by atoms with Gasteiger partial charge in [0.2, 0.25) is 5.43 Å². The van der Waals surface area contributed by atoms with Gasteiger partial charge in [-0.3, -0.25) is 14.4 Å². The molecule has 1 spiro atoms. The molecule has 2 aromatic rings. The standard InChI is InChI=1S/C24H26ClFN2O6/c1-4-34-11-14-9-24(14)12-27(2)23(32)20-22(31)21(30)15(10-28(20)24)16(29)7-5-13-6-8-17(33-3)18(25)19(13)26/h6,8,10,14,31H,4-5,7,9,11-12H2,1-3H3/t14-,24-/m1/s1. The Balaban J connectivity index is 1.66. The van der Waals surface area contributed by atoms with Crippen molar-refractivity contribution >= 4 is 23.3 Å². The highest BCUT2D eigenvalue weighted by Gasteiger charge is 2.60. The lowest BCUT2D eigenvalue weighted by Crippen LogP contribution is -2.48. The highest BCUT2D eigenvalue weighted by molar-refractivity contribution is 6.32. The molecule has 2 atom stereocenters. The molecule has 10 heteroatoms. The molecule has 1 saturated carbocycles. The van der Waals surface area contributed by atoms with Crippen molar-refractivity contribution in [3.8, 4) is 11.5 Å². The van der Waals surface area contributed by atoms with Crippen molar-refractivity contribution in [3.05, 3.63) is 56.2 Å². The molecule has 1 N–H and O–H groups in total. The number of hydrogen-bond donors (Lipinski definition) is 1. The van der Waals surface area contributed by atoms with Crippen LogP contribution in [-0.2, 0) is 16.7 Å². The molecule has 2 heterocycles. The molecule has 0 unspecified atom stereocenters. The van der Waals surface area contributed by atoms with Gasteiger partial charge >= 0.3 is 0 Å². The lowest BCUT2D eigenvalue weighted by atomic mass is 10.00. The van der Waals surface area contributed by atoms with Gasteiger partial charge in [0.1, 0.15) is 16.6 Å². The summed E-state index contributed by atoms with van der Waals surface area (Å²) in [5, 5.41) is 10.5. The smallest absolute Gasteiger partial charge is 0.274 e. The fraction of sp³-hybridized carbons (Fsp3) is 0.458. The molecule has 1 aliphatic heterocycles. The van der Waals surface area contributed by atoms with Crippen LogP contribution in [0.15, 0.2) is 23.1 Å². The number of hydrogen-bond acceptors (Lipinski definition) is 6. The minimum absolute atomic E-state index is 0.00386. The van der Waals surface area contributed by atoms with Crippen molar-refractivity contribution in [1.82, 2.24) is 9.47 Å². The van der Waals surface area contributed by atoms with E-state index in [0.29, 0.717) is 26.2 Å². The third-order valence-corrected chi connectivity index (χ3v) is 7.07.